The minimum atomic E-state index is -0.229. The zero-order valence-corrected chi connectivity index (χ0v) is 10.8. The topological polar surface area (TPSA) is 29.5 Å². The van der Waals surface area contributed by atoms with Gasteiger partial charge in [0.05, 0.1) is 6.61 Å². The molecule has 0 spiro atoms. The third-order valence-electron chi connectivity index (χ3n) is 3.05. The van der Waals surface area contributed by atoms with Gasteiger partial charge in [-0.25, -0.2) is 4.79 Å². The molecule has 3 heteroatoms. The number of allylic oxidation sites excluding steroid dienone is 1. The van der Waals surface area contributed by atoms with Crippen molar-refractivity contribution < 1.29 is 9.53 Å². The molecule has 18 heavy (non-hydrogen) atoms. The molecule has 1 aromatic carbocycles. The second-order valence-corrected chi connectivity index (χ2v) is 4.40. The number of carbonyl (C=O) groups is 1. The maximum Gasteiger partial charge on any atom is 0.332 e. The van der Waals surface area contributed by atoms with Crippen molar-refractivity contribution in [3.05, 3.63) is 47.7 Å². The molecule has 1 heterocycles. The number of likely N-dealkylation sites (tertiary alicyclic amines) is 1. The van der Waals surface area contributed by atoms with Crippen LogP contribution in [-0.4, -0.2) is 24.0 Å². The van der Waals surface area contributed by atoms with E-state index in [1.54, 1.807) is 6.08 Å². The van der Waals surface area contributed by atoms with Crippen LogP contribution in [0.4, 0.5) is 0 Å². The molecule has 1 aromatic rings. The van der Waals surface area contributed by atoms with E-state index in [2.05, 4.69) is 17.0 Å². The second kappa shape index (κ2) is 6.24. The lowest BCUT2D eigenvalue weighted by molar-refractivity contribution is -0.137. The molecule has 0 unspecified atom stereocenters. The second-order valence-electron chi connectivity index (χ2n) is 4.40. The Labute approximate surface area is 108 Å². The normalized spacial score (nSPS) is 17.2. The standard InChI is InChI=1S/C15H19NO2/c1-2-18-15(17)11-14-9-6-10-16(14)12-13-7-4-3-5-8-13/h3-5,7-8,11H,2,6,9-10,12H2,1H3/b14-11+. The number of benzene rings is 1. The summed E-state index contributed by atoms with van der Waals surface area (Å²) in [6.07, 6.45) is 3.71. The van der Waals surface area contributed by atoms with Gasteiger partial charge in [-0.05, 0) is 25.3 Å². The molecule has 2 rings (SSSR count). The van der Waals surface area contributed by atoms with Gasteiger partial charge in [0, 0.05) is 24.9 Å². The number of hydrogen-bond acceptors (Lipinski definition) is 3. The third-order valence-corrected chi connectivity index (χ3v) is 3.05. The van der Waals surface area contributed by atoms with E-state index in [1.807, 2.05) is 25.1 Å². The average Bonchev–Trinajstić information content (AvgIpc) is 2.78. The highest BCUT2D eigenvalue weighted by molar-refractivity contribution is 5.82. The van der Waals surface area contributed by atoms with E-state index in [4.69, 9.17) is 4.74 Å². The van der Waals surface area contributed by atoms with Crippen LogP contribution in [0.15, 0.2) is 42.1 Å². The lowest BCUT2D eigenvalue weighted by Gasteiger charge is -2.19. The molecule has 1 aliphatic heterocycles. The number of carbonyl (C=O) groups excluding carboxylic acids is 1. The van der Waals surface area contributed by atoms with Crippen LogP contribution in [0.3, 0.4) is 0 Å². The van der Waals surface area contributed by atoms with Crippen LogP contribution in [0.5, 0.6) is 0 Å². The summed E-state index contributed by atoms with van der Waals surface area (Å²) < 4.78 is 4.96. The van der Waals surface area contributed by atoms with E-state index >= 15 is 0 Å². The molecule has 0 saturated carbocycles. The van der Waals surface area contributed by atoms with Crippen molar-refractivity contribution in [2.75, 3.05) is 13.2 Å². The SMILES string of the molecule is CCOC(=O)/C=C1\CCCN1Cc1ccccc1. The summed E-state index contributed by atoms with van der Waals surface area (Å²) in [4.78, 5) is 13.7. The highest BCUT2D eigenvalue weighted by Crippen LogP contribution is 2.23. The Morgan fingerprint density at radius 1 is 1.39 bits per heavy atom. The predicted octanol–water partition coefficient (Wildman–Crippen LogP) is 2.73. The van der Waals surface area contributed by atoms with Crippen molar-refractivity contribution in [3.8, 4) is 0 Å². The molecule has 1 fully saturated rings. The molecule has 0 bridgehead atoms. The summed E-state index contributed by atoms with van der Waals surface area (Å²) in [5.41, 5.74) is 2.37. The van der Waals surface area contributed by atoms with Gasteiger partial charge in [0.2, 0.25) is 0 Å². The van der Waals surface area contributed by atoms with Crippen molar-refractivity contribution in [2.45, 2.75) is 26.3 Å². The molecule has 1 aliphatic rings. The summed E-state index contributed by atoms with van der Waals surface area (Å²) in [7, 11) is 0. The van der Waals surface area contributed by atoms with E-state index < -0.39 is 0 Å². The molecule has 0 radical (unpaired) electrons. The van der Waals surface area contributed by atoms with E-state index in [0.717, 1.165) is 31.6 Å². The molecular formula is C15H19NO2. The maximum atomic E-state index is 11.5. The zero-order valence-electron chi connectivity index (χ0n) is 10.8. The van der Waals surface area contributed by atoms with Gasteiger partial charge < -0.3 is 9.64 Å². The summed E-state index contributed by atoms with van der Waals surface area (Å²) in [6.45, 7) is 4.14. The van der Waals surface area contributed by atoms with Crippen molar-refractivity contribution in [3.63, 3.8) is 0 Å². The van der Waals surface area contributed by atoms with Crippen LogP contribution in [0.1, 0.15) is 25.3 Å². The van der Waals surface area contributed by atoms with Crippen LogP contribution in [0.2, 0.25) is 0 Å². The number of rotatable bonds is 4. The minimum Gasteiger partial charge on any atom is -0.463 e. The first-order chi connectivity index (χ1) is 8.79. The summed E-state index contributed by atoms with van der Waals surface area (Å²) in [5.74, 6) is -0.229. The van der Waals surface area contributed by atoms with E-state index in [0.29, 0.717) is 6.61 Å². The fourth-order valence-corrected chi connectivity index (χ4v) is 2.22. The maximum absolute atomic E-state index is 11.5. The van der Waals surface area contributed by atoms with Crippen LogP contribution < -0.4 is 0 Å². The average molecular weight is 245 g/mol. The van der Waals surface area contributed by atoms with Crippen molar-refractivity contribution in [1.82, 2.24) is 4.90 Å². The molecule has 0 aromatic heterocycles. The van der Waals surface area contributed by atoms with Gasteiger partial charge >= 0.3 is 5.97 Å². The first-order valence-electron chi connectivity index (χ1n) is 6.46. The summed E-state index contributed by atoms with van der Waals surface area (Å²) in [6, 6.07) is 10.3. The van der Waals surface area contributed by atoms with Crippen LogP contribution >= 0.6 is 0 Å². The van der Waals surface area contributed by atoms with Gasteiger partial charge in [-0.3, -0.25) is 0 Å². The molecule has 3 nitrogen and oxygen atoms in total. The van der Waals surface area contributed by atoms with Gasteiger partial charge in [-0.15, -0.1) is 0 Å². The zero-order chi connectivity index (χ0) is 12.8. The predicted molar refractivity (Wildman–Crippen MR) is 70.8 cm³/mol. The minimum absolute atomic E-state index is 0.229. The van der Waals surface area contributed by atoms with Crippen molar-refractivity contribution >= 4 is 5.97 Å². The Morgan fingerprint density at radius 2 is 2.17 bits per heavy atom. The van der Waals surface area contributed by atoms with Gasteiger partial charge in [-0.1, -0.05) is 30.3 Å². The first-order valence-corrected chi connectivity index (χ1v) is 6.46. The molecule has 0 aliphatic carbocycles. The van der Waals surface area contributed by atoms with Crippen molar-refractivity contribution in [2.24, 2.45) is 0 Å². The highest BCUT2D eigenvalue weighted by Gasteiger charge is 2.18. The summed E-state index contributed by atoms with van der Waals surface area (Å²) in [5, 5.41) is 0. The smallest absolute Gasteiger partial charge is 0.332 e. The Kier molecular flexibility index (Phi) is 4.40. The van der Waals surface area contributed by atoms with Crippen LogP contribution in [0, 0.1) is 0 Å². The fraction of sp³-hybridized carbons (Fsp3) is 0.400. The highest BCUT2D eigenvalue weighted by atomic mass is 16.5. The first kappa shape index (κ1) is 12.7. The molecular weight excluding hydrogens is 226 g/mol. The summed E-state index contributed by atoms with van der Waals surface area (Å²) >= 11 is 0. The number of nitrogens with zero attached hydrogens (tertiary/aromatic N) is 1. The van der Waals surface area contributed by atoms with Gasteiger partial charge in [0.1, 0.15) is 0 Å². The van der Waals surface area contributed by atoms with Gasteiger partial charge in [0.15, 0.2) is 0 Å². The molecule has 0 atom stereocenters. The Hall–Kier alpha value is -1.77. The monoisotopic (exact) mass is 245 g/mol. The lowest BCUT2D eigenvalue weighted by Crippen LogP contribution is -2.18. The lowest BCUT2D eigenvalue weighted by atomic mass is 10.2. The third kappa shape index (κ3) is 3.36. The van der Waals surface area contributed by atoms with E-state index in [9.17, 15) is 4.79 Å². The quantitative estimate of drug-likeness (QED) is 0.603. The fourth-order valence-electron chi connectivity index (χ4n) is 2.22. The Morgan fingerprint density at radius 3 is 2.89 bits per heavy atom. The van der Waals surface area contributed by atoms with Crippen LogP contribution in [-0.2, 0) is 16.1 Å². The van der Waals surface area contributed by atoms with Gasteiger partial charge in [-0.2, -0.15) is 0 Å². The van der Waals surface area contributed by atoms with Crippen LogP contribution in [0.25, 0.3) is 0 Å². The molecule has 0 amide bonds. The number of esters is 1. The Bertz CT molecular complexity index is 425. The largest absolute Gasteiger partial charge is 0.463 e. The van der Waals surface area contributed by atoms with E-state index in [1.165, 1.54) is 5.56 Å². The van der Waals surface area contributed by atoms with E-state index in [-0.39, 0.29) is 5.97 Å². The number of ether oxygens (including phenoxy) is 1. The number of hydrogen-bond donors (Lipinski definition) is 0. The Balaban J connectivity index is 2.01. The van der Waals surface area contributed by atoms with Crippen molar-refractivity contribution in [1.29, 1.82) is 0 Å². The molecule has 0 N–H and O–H groups in total. The van der Waals surface area contributed by atoms with Gasteiger partial charge in [0.25, 0.3) is 0 Å². The molecule has 1 saturated heterocycles. The molecule has 96 valence electrons.